The summed E-state index contributed by atoms with van der Waals surface area (Å²) in [5, 5.41) is 34.1. The lowest BCUT2D eigenvalue weighted by molar-refractivity contribution is 0.660. The molecule has 30 rings (SSSR count). The molecule has 0 heterocycles. The molecule has 0 atom stereocenters. The van der Waals surface area contributed by atoms with E-state index in [-0.39, 0.29) is 10.8 Å². The maximum Gasteiger partial charge on any atom is 0.0159 e. The average molecular weight is 1880 g/mol. The van der Waals surface area contributed by atoms with Crippen molar-refractivity contribution in [1.29, 1.82) is 0 Å². The van der Waals surface area contributed by atoms with Gasteiger partial charge >= 0.3 is 0 Å². The molecule has 28 aromatic rings. The highest BCUT2D eigenvalue weighted by atomic mass is 14.4. The number of hydrogen-bond acceptors (Lipinski definition) is 0. The van der Waals surface area contributed by atoms with Crippen molar-refractivity contribution in [3.63, 3.8) is 0 Å². The molecule has 148 heavy (non-hydrogen) atoms. The fraction of sp³-hybridized carbons (Fsp3) is 0.0405. The fourth-order valence-electron chi connectivity index (χ4n) is 24.6. The standard InChI is InChI=1S/C43H30.C42H28.C39H28.C24H16/c1-43(2)39-24-23-30(26-38(39)42-32-11-4-3-10-28(32)22-25-40(42)43)27-18-20-29(21-19-27)31-16-9-17-37-35-13-6-5-12-33(35)34-14-7-8-15-36(34)41(31)37;1-3-11-29(12-4-1)31-15-9-17-33(25-31)35-21-23-39-40-24-22-36(28-42(40)38-20-8-7-19-37(38)41(39)27-35)34-18-10-16-32(26-34)30-13-5-2-6-14-30;1-39(2)37-14-8-7-13-34(37)36-24-28(20-22-38(36)39)26-17-15-25(16-18-26)27-19-21-33-31-11-4-3-9-29(31)30-10-5-6-12-32(30)35(33)23-27;1-2-8-17(9-3-1)18-14-15-23-21-12-5-4-10-19(21)20-11-6-7-13-22(20)24(23)16-18/h3-26H,1-2H3;1-28H;3-24H,1-2H3;1-16H. The van der Waals surface area contributed by atoms with Crippen molar-refractivity contribution in [2.75, 3.05) is 0 Å². The molecule has 0 saturated heterocycles. The van der Waals surface area contributed by atoms with Gasteiger partial charge < -0.3 is 0 Å². The molecule has 0 aromatic heterocycles. The predicted molar refractivity (Wildman–Crippen MR) is 637 cm³/mol. The van der Waals surface area contributed by atoms with Gasteiger partial charge in [0.1, 0.15) is 0 Å². The van der Waals surface area contributed by atoms with E-state index in [2.05, 4.69) is 574 Å². The van der Waals surface area contributed by atoms with Gasteiger partial charge in [0.25, 0.3) is 0 Å². The largest absolute Gasteiger partial charge is 0.0622 e. The monoisotopic (exact) mass is 1880 g/mol. The lowest BCUT2D eigenvalue weighted by atomic mass is 9.82. The highest BCUT2D eigenvalue weighted by Crippen LogP contribution is 2.55. The van der Waals surface area contributed by atoms with E-state index >= 15 is 0 Å². The van der Waals surface area contributed by atoms with Crippen LogP contribution in [0.25, 0.3) is 262 Å². The lowest BCUT2D eigenvalue weighted by Gasteiger charge is -2.21. The number of rotatable bonds is 9. The van der Waals surface area contributed by atoms with Crippen LogP contribution in [0.15, 0.2) is 546 Å². The van der Waals surface area contributed by atoms with E-state index < -0.39 is 0 Å². The summed E-state index contributed by atoms with van der Waals surface area (Å²) < 4.78 is 0. The van der Waals surface area contributed by atoms with Crippen LogP contribution in [-0.4, -0.2) is 0 Å². The van der Waals surface area contributed by atoms with Gasteiger partial charge in [-0.25, -0.2) is 0 Å². The van der Waals surface area contributed by atoms with Crippen LogP contribution in [0, 0.1) is 0 Å². The Morgan fingerprint density at radius 1 is 0.108 bits per heavy atom. The molecule has 0 unspecified atom stereocenters. The zero-order chi connectivity index (χ0) is 98.7. The Labute approximate surface area is 862 Å². The van der Waals surface area contributed by atoms with Gasteiger partial charge in [-0.2, -0.15) is 0 Å². The van der Waals surface area contributed by atoms with E-state index in [1.54, 1.807) is 0 Å². The molecule has 0 aliphatic heterocycles. The molecule has 0 heteroatoms. The average Bonchev–Trinajstić information content (AvgIpc) is 1.24. The molecule has 0 bridgehead atoms. The highest BCUT2D eigenvalue weighted by molar-refractivity contribution is 6.31. The third kappa shape index (κ3) is 15.3. The quantitative estimate of drug-likeness (QED) is 0.126. The van der Waals surface area contributed by atoms with E-state index in [1.807, 2.05) is 0 Å². The second-order valence-corrected chi connectivity index (χ2v) is 41.0. The summed E-state index contributed by atoms with van der Waals surface area (Å²) in [6.45, 7) is 9.39. The summed E-state index contributed by atoms with van der Waals surface area (Å²) in [5.41, 5.74) is 33.6. The molecular formula is C148H102. The van der Waals surface area contributed by atoms with Crippen LogP contribution in [0.3, 0.4) is 0 Å². The molecular weight excluding hydrogens is 1780 g/mol. The first-order valence-corrected chi connectivity index (χ1v) is 51.8. The third-order valence-electron chi connectivity index (χ3n) is 32.0. The van der Waals surface area contributed by atoms with E-state index in [9.17, 15) is 0 Å². The summed E-state index contributed by atoms with van der Waals surface area (Å²) >= 11 is 0. The van der Waals surface area contributed by atoms with Gasteiger partial charge in [0.2, 0.25) is 0 Å². The molecule has 694 valence electrons. The molecule has 0 fully saturated rings. The Morgan fingerprint density at radius 2 is 0.324 bits per heavy atom. The molecule has 0 nitrogen and oxygen atoms in total. The van der Waals surface area contributed by atoms with E-state index in [1.165, 1.54) is 285 Å². The van der Waals surface area contributed by atoms with Crippen molar-refractivity contribution in [2.24, 2.45) is 0 Å². The molecule has 28 aromatic carbocycles. The smallest absolute Gasteiger partial charge is 0.0159 e. The van der Waals surface area contributed by atoms with Gasteiger partial charge in [-0.15, -0.1) is 0 Å². The van der Waals surface area contributed by atoms with Crippen LogP contribution in [0.5, 0.6) is 0 Å². The van der Waals surface area contributed by atoms with Crippen LogP contribution in [0.1, 0.15) is 49.9 Å². The first-order valence-electron chi connectivity index (χ1n) is 51.8. The lowest BCUT2D eigenvalue weighted by Crippen LogP contribution is -2.14. The summed E-state index contributed by atoms with van der Waals surface area (Å²) in [6.07, 6.45) is 0. The summed E-state index contributed by atoms with van der Waals surface area (Å²) in [5.74, 6) is 0. The van der Waals surface area contributed by atoms with Crippen LogP contribution in [0.2, 0.25) is 0 Å². The van der Waals surface area contributed by atoms with Gasteiger partial charge in [-0.05, 0) is 333 Å². The molecule has 0 N–H and O–H groups in total. The normalized spacial score (nSPS) is 12.6. The molecule has 2 aliphatic rings. The van der Waals surface area contributed by atoms with Crippen molar-refractivity contribution in [2.45, 2.75) is 38.5 Å². The summed E-state index contributed by atoms with van der Waals surface area (Å²) in [6, 6.07) is 200. The Morgan fingerprint density at radius 3 is 0.716 bits per heavy atom. The minimum absolute atomic E-state index is 0.0155. The van der Waals surface area contributed by atoms with Gasteiger partial charge in [-0.3, -0.25) is 0 Å². The zero-order valence-electron chi connectivity index (χ0n) is 83.0. The van der Waals surface area contributed by atoms with Crippen LogP contribution in [-0.2, 0) is 10.8 Å². The van der Waals surface area contributed by atoms with E-state index in [0.29, 0.717) is 0 Å². The fourth-order valence-corrected chi connectivity index (χ4v) is 24.6. The van der Waals surface area contributed by atoms with E-state index in [4.69, 9.17) is 0 Å². The topological polar surface area (TPSA) is 0 Å². The van der Waals surface area contributed by atoms with Gasteiger partial charge in [0, 0.05) is 10.8 Å². The van der Waals surface area contributed by atoms with Crippen LogP contribution in [0.4, 0.5) is 0 Å². The molecule has 0 radical (unpaired) electrons. The van der Waals surface area contributed by atoms with Crippen LogP contribution >= 0.6 is 0 Å². The van der Waals surface area contributed by atoms with Crippen molar-refractivity contribution in [3.05, 3.63) is 568 Å². The molecule has 0 spiro atoms. The van der Waals surface area contributed by atoms with Crippen molar-refractivity contribution < 1.29 is 0 Å². The zero-order valence-corrected chi connectivity index (χ0v) is 83.0. The Kier molecular flexibility index (Phi) is 21.8. The number of fused-ring (bicyclic) bond motifs is 32. The second-order valence-electron chi connectivity index (χ2n) is 41.0. The highest BCUT2D eigenvalue weighted by Gasteiger charge is 2.38. The Balaban J connectivity index is 0.0000000992. The number of hydrogen-bond donors (Lipinski definition) is 0. The first kappa shape index (κ1) is 88.5. The molecule has 2 aliphatic carbocycles. The maximum atomic E-state index is 2.42. The van der Waals surface area contributed by atoms with Gasteiger partial charge in [0.05, 0.1) is 0 Å². The van der Waals surface area contributed by atoms with Gasteiger partial charge in [-0.1, -0.05) is 525 Å². The number of benzene rings is 28. The van der Waals surface area contributed by atoms with E-state index in [0.717, 1.165) is 0 Å². The van der Waals surface area contributed by atoms with Gasteiger partial charge in [0.15, 0.2) is 0 Å². The minimum atomic E-state index is -0.0155. The van der Waals surface area contributed by atoms with Crippen molar-refractivity contribution >= 4 is 140 Å². The maximum absolute atomic E-state index is 2.42. The second kappa shape index (κ2) is 36.4. The SMILES string of the molecule is CC1(C)c2ccc(-c3ccc(-c4cccc5c6ccccc6c6ccccc6c45)cc3)cc2-c2c1ccc1ccccc21.CC1(C)c2ccccc2-c2cc(-c3ccc(-c4ccc5c6ccccc6c6ccccc6c5c4)cc3)ccc21.c1ccc(-c2ccc3c4ccccc4c4ccccc4c3c2)cc1.c1ccc(-c2cccc(-c3ccc4c5ccc(-c6cccc(-c7ccccc7)c6)cc5c5ccccc5c4c3)c2)cc1. The van der Waals surface area contributed by atoms with Crippen LogP contribution < -0.4 is 0 Å². The summed E-state index contributed by atoms with van der Waals surface area (Å²) in [4.78, 5) is 0. The minimum Gasteiger partial charge on any atom is -0.0622 e. The molecule has 0 amide bonds. The molecule has 0 saturated carbocycles. The first-order chi connectivity index (χ1) is 72.9. The third-order valence-corrected chi connectivity index (χ3v) is 32.0. The Hall–Kier alpha value is -18.5. The van der Waals surface area contributed by atoms with Crippen molar-refractivity contribution in [1.82, 2.24) is 0 Å². The van der Waals surface area contributed by atoms with Crippen molar-refractivity contribution in [3.8, 4) is 122 Å². The summed E-state index contributed by atoms with van der Waals surface area (Å²) in [7, 11) is 0. The predicted octanol–water partition coefficient (Wildman–Crippen LogP) is 41.4. The Bertz CT molecular complexity index is 9890.